The second-order valence-corrected chi connectivity index (χ2v) is 8.64. The molecule has 0 aliphatic carbocycles. The Morgan fingerprint density at radius 3 is 2.60 bits per heavy atom. The lowest BCUT2D eigenvalue weighted by molar-refractivity contribution is -0.973. The highest BCUT2D eigenvalue weighted by atomic mass is 32.1. The van der Waals surface area contributed by atoms with Gasteiger partial charge < -0.3 is 10.2 Å². The summed E-state index contributed by atoms with van der Waals surface area (Å²) in [6, 6.07) is 14.0. The number of piperidine rings is 2. The van der Waals surface area contributed by atoms with Gasteiger partial charge in [0.1, 0.15) is 6.54 Å². The van der Waals surface area contributed by atoms with Crippen LogP contribution in [0, 0.1) is 6.92 Å². The summed E-state index contributed by atoms with van der Waals surface area (Å²) in [5.41, 5.74) is 1.88. The van der Waals surface area contributed by atoms with E-state index in [0.29, 0.717) is 18.1 Å². The van der Waals surface area contributed by atoms with Crippen LogP contribution in [0.25, 0.3) is 0 Å². The second-order valence-electron chi connectivity index (χ2n) is 7.61. The van der Waals surface area contributed by atoms with Crippen molar-refractivity contribution in [2.75, 3.05) is 0 Å². The minimum Gasteiger partial charge on any atom is -0.349 e. The molecule has 2 aromatic rings. The summed E-state index contributed by atoms with van der Waals surface area (Å²) in [6.07, 6.45) is 6.19. The van der Waals surface area contributed by atoms with Gasteiger partial charge in [-0.05, 0) is 49.3 Å². The van der Waals surface area contributed by atoms with E-state index in [-0.39, 0.29) is 5.91 Å². The van der Waals surface area contributed by atoms with E-state index >= 15 is 0 Å². The summed E-state index contributed by atoms with van der Waals surface area (Å²) in [4.78, 5) is 15.9. The first-order chi connectivity index (χ1) is 12.2. The SMILES string of the molecule is Cc1ccccc1C(=O)NC1C[C@H]2CCC[C@@H](C1)[NH+]2Cc1cccs1. The van der Waals surface area contributed by atoms with E-state index in [4.69, 9.17) is 0 Å². The highest BCUT2D eigenvalue weighted by molar-refractivity contribution is 7.09. The summed E-state index contributed by atoms with van der Waals surface area (Å²) in [5.74, 6) is 0.0999. The molecule has 4 heteroatoms. The van der Waals surface area contributed by atoms with Crippen LogP contribution in [0.3, 0.4) is 0 Å². The first-order valence-corrected chi connectivity index (χ1v) is 10.3. The van der Waals surface area contributed by atoms with Crippen LogP contribution >= 0.6 is 11.3 Å². The van der Waals surface area contributed by atoms with E-state index in [0.717, 1.165) is 30.5 Å². The van der Waals surface area contributed by atoms with Crippen molar-refractivity contribution in [2.45, 2.75) is 63.7 Å². The Balaban J connectivity index is 1.43. The van der Waals surface area contributed by atoms with Crippen molar-refractivity contribution >= 4 is 17.2 Å². The predicted molar refractivity (Wildman–Crippen MR) is 102 cm³/mol. The molecule has 2 N–H and O–H groups in total. The van der Waals surface area contributed by atoms with E-state index in [1.165, 1.54) is 24.1 Å². The lowest BCUT2D eigenvalue weighted by Gasteiger charge is -2.45. The minimum atomic E-state index is 0.0999. The fourth-order valence-electron chi connectivity index (χ4n) is 4.75. The smallest absolute Gasteiger partial charge is 0.251 e. The third kappa shape index (κ3) is 3.65. The number of carbonyl (C=O) groups is 1. The quantitative estimate of drug-likeness (QED) is 0.869. The van der Waals surface area contributed by atoms with Crippen molar-refractivity contribution in [1.29, 1.82) is 0 Å². The normalized spacial score (nSPS) is 28.5. The molecule has 0 spiro atoms. The van der Waals surface area contributed by atoms with Crippen molar-refractivity contribution in [3.05, 3.63) is 57.8 Å². The molecule has 2 saturated heterocycles. The van der Waals surface area contributed by atoms with Crippen LogP contribution in [0.2, 0.25) is 0 Å². The van der Waals surface area contributed by atoms with Gasteiger partial charge in [-0.25, -0.2) is 0 Å². The first kappa shape index (κ1) is 16.8. The zero-order chi connectivity index (χ0) is 17.2. The molecule has 3 nitrogen and oxygen atoms in total. The van der Waals surface area contributed by atoms with E-state index in [9.17, 15) is 4.79 Å². The van der Waals surface area contributed by atoms with E-state index in [2.05, 4.69) is 22.8 Å². The number of carbonyl (C=O) groups excluding carboxylic acids is 1. The fourth-order valence-corrected chi connectivity index (χ4v) is 5.49. The van der Waals surface area contributed by atoms with Gasteiger partial charge >= 0.3 is 0 Å². The Kier molecular flexibility index (Phi) is 4.91. The number of quaternary nitrogens is 1. The molecule has 2 bridgehead atoms. The van der Waals surface area contributed by atoms with Gasteiger partial charge in [-0.1, -0.05) is 24.3 Å². The molecule has 3 heterocycles. The first-order valence-electron chi connectivity index (χ1n) is 9.45. The maximum atomic E-state index is 12.7. The van der Waals surface area contributed by atoms with Crippen molar-refractivity contribution in [2.24, 2.45) is 0 Å². The molecule has 0 radical (unpaired) electrons. The molecular weight excluding hydrogens is 328 g/mol. The Labute approximate surface area is 154 Å². The number of fused-ring (bicyclic) bond motifs is 2. The predicted octanol–water partition coefficient (Wildman–Crippen LogP) is 2.95. The Hall–Kier alpha value is -1.65. The van der Waals surface area contributed by atoms with Gasteiger partial charge in [-0.15, -0.1) is 11.3 Å². The Morgan fingerprint density at radius 2 is 1.92 bits per heavy atom. The summed E-state index contributed by atoms with van der Waals surface area (Å²) in [6.45, 7) is 3.17. The van der Waals surface area contributed by atoms with Gasteiger partial charge in [0.15, 0.2) is 0 Å². The van der Waals surface area contributed by atoms with Gasteiger partial charge in [0.25, 0.3) is 5.91 Å². The van der Waals surface area contributed by atoms with E-state index in [1.54, 1.807) is 4.90 Å². The lowest BCUT2D eigenvalue weighted by Crippen LogP contribution is -3.20. The lowest BCUT2D eigenvalue weighted by atomic mass is 9.81. The summed E-state index contributed by atoms with van der Waals surface area (Å²) >= 11 is 1.87. The standard InChI is InChI=1S/C21H26N2OS/c1-15-6-2-3-10-20(15)21(24)22-16-12-17-7-4-8-18(13-16)23(17)14-19-9-5-11-25-19/h2-3,5-6,9-11,16-18H,4,7-8,12-14H2,1H3,(H,22,24)/p+1/t16?,17-,18+. The summed E-state index contributed by atoms with van der Waals surface area (Å²) in [7, 11) is 0. The molecule has 1 aromatic carbocycles. The highest BCUT2D eigenvalue weighted by Gasteiger charge is 2.42. The van der Waals surface area contributed by atoms with Gasteiger partial charge in [0.05, 0.1) is 17.0 Å². The Bertz CT molecular complexity index is 713. The molecule has 4 atom stereocenters. The molecule has 0 saturated carbocycles. The zero-order valence-corrected chi connectivity index (χ0v) is 15.6. The summed E-state index contributed by atoms with van der Waals surface area (Å²) in [5, 5.41) is 5.51. The van der Waals surface area contributed by atoms with Crippen molar-refractivity contribution in [3.63, 3.8) is 0 Å². The largest absolute Gasteiger partial charge is 0.349 e. The van der Waals surface area contributed by atoms with Crippen LogP contribution in [0.5, 0.6) is 0 Å². The van der Waals surface area contributed by atoms with Crippen LogP contribution in [0.1, 0.15) is 52.9 Å². The molecular formula is C21H27N2OS+. The molecule has 1 aromatic heterocycles. The zero-order valence-electron chi connectivity index (χ0n) is 14.8. The number of hydrogen-bond donors (Lipinski definition) is 2. The average molecular weight is 356 g/mol. The molecule has 1 amide bonds. The molecule has 4 rings (SSSR count). The van der Waals surface area contributed by atoms with Gasteiger partial charge in [-0.2, -0.15) is 0 Å². The van der Waals surface area contributed by atoms with E-state index < -0.39 is 0 Å². The number of amides is 1. The number of nitrogens with one attached hydrogen (secondary N) is 2. The van der Waals surface area contributed by atoms with Crippen LogP contribution < -0.4 is 10.2 Å². The van der Waals surface area contributed by atoms with Gasteiger partial charge in [0, 0.05) is 24.4 Å². The highest BCUT2D eigenvalue weighted by Crippen LogP contribution is 2.24. The van der Waals surface area contributed by atoms with Crippen molar-refractivity contribution < 1.29 is 9.69 Å². The maximum absolute atomic E-state index is 12.7. The number of aryl methyl sites for hydroxylation is 1. The minimum absolute atomic E-state index is 0.0999. The maximum Gasteiger partial charge on any atom is 0.251 e. The molecule has 2 fully saturated rings. The third-order valence-corrected chi connectivity index (χ3v) is 6.85. The van der Waals surface area contributed by atoms with Gasteiger partial charge in [-0.3, -0.25) is 4.79 Å². The number of benzene rings is 1. The van der Waals surface area contributed by atoms with Crippen LogP contribution in [0.4, 0.5) is 0 Å². The molecule has 132 valence electrons. The van der Waals surface area contributed by atoms with Crippen LogP contribution in [-0.2, 0) is 6.54 Å². The topological polar surface area (TPSA) is 33.5 Å². The second kappa shape index (κ2) is 7.30. The molecule has 25 heavy (non-hydrogen) atoms. The van der Waals surface area contributed by atoms with E-state index in [1.807, 2.05) is 42.5 Å². The summed E-state index contributed by atoms with van der Waals surface area (Å²) < 4.78 is 0. The van der Waals surface area contributed by atoms with Crippen molar-refractivity contribution in [1.82, 2.24) is 5.32 Å². The van der Waals surface area contributed by atoms with Crippen molar-refractivity contribution in [3.8, 4) is 0 Å². The number of thiophene rings is 1. The average Bonchev–Trinajstić information content (AvgIpc) is 3.09. The molecule has 2 aliphatic heterocycles. The van der Waals surface area contributed by atoms with Gasteiger partial charge in [0.2, 0.25) is 0 Å². The molecule has 2 aliphatic rings. The third-order valence-electron chi connectivity index (χ3n) is 5.98. The molecule has 2 unspecified atom stereocenters. The monoisotopic (exact) mass is 355 g/mol. The van der Waals surface area contributed by atoms with Crippen LogP contribution in [-0.4, -0.2) is 24.0 Å². The number of rotatable bonds is 4. The number of hydrogen-bond acceptors (Lipinski definition) is 2. The van der Waals surface area contributed by atoms with Crippen LogP contribution in [0.15, 0.2) is 41.8 Å². The Morgan fingerprint density at radius 1 is 1.16 bits per heavy atom. The fraction of sp³-hybridized carbons (Fsp3) is 0.476.